The monoisotopic (exact) mass is 328 g/mol. The van der Waals surface area contributed by atoms with Crippen molar-refractivity contribution in [2.75, 3.05) is 11.4 Å². The zero-order valence-corrected chi connectivity index (χ0v) is 13.5. The molecule has 0 saturated heterocycles. The largest absolute Gasteiger partial charge is 0.340 e. The van der Waals surface area contributed by atoms with E-state index in [1.807, 2.05) is 24.3 Å². The van der Waals surface area contributed by atoms with E-state index in [-0.39, 0.29) is 11.8 Å². The number of nitrogens with one attached hydrogen (secondary N) is 1. The van der Waals surface area contributed by atoms with Gasteiger partial charge in [-0.05, 0) is 37.1 Å². The first-order valence-corrected chi connectivity index (χ1v) is 7.90. The third-order valence-electron chi connectivity index (χ3n) is 3.99. The lowest BCUT2D eigenvalue weighted by atomic mass is 10.1. The Balaban J connectivity index is 1.72. The van der Waals surface area contributed by atoms with E-state index in [4.69, 9.17) is 11.6 Å². The minimum atomic E-state index is -0.620. The van der Waals surface area contributed by atoms with E-state index in [1.165, 1.54) is 0 Å². The Hall–Kier alpha value is -2.33. The number of fused-ring (bicyclic) bond motifs is 1. The summed E-state index contributed by atoms with van der Waals surface area (Å²) in [4.78, 5) is 26.6. The zero-order chi connectivity index (χ0) is 16.4. The number of halogens is 1. The Labute approximate surface area is 140 Å². The molecular formula is C18H17ClN2O2. The number of amides is 2. The highest BCUT2D eigenvalue weighted by molar-refractivity contribution is 6.33. The van der Waals surface area contributed by atoms with Gasteiger partial charge in [0.2, 0.25) is 5.91 Å². The third-order valence-corrected chi connectivity index (χ3v) is 4.32. The van der Waals surface area contributed by atoms with Crippen LogP contribution in [0.3, 0.4) is 0 Å². The average molecular weight is 329 g/mol. The lowest BCUT2D eigenvalue weighted by Gasteiger charge is -2.22. The summed E-state index contributed by atoms with van der Waals surface area (Å²) in [5.41, 5.74) is 2.46. The lowest BCUT2D eigenvalue weighted by Crippen LogP contribution is -2.46. The van der Waals surface area contributed by atoms with E-state index < -0.39 is 6.04 Å². The van der Waals surface area contributed by atoms with Crippen molar-refractivity contribution in [3.63, 3.8) is 0 Å². The summed E-state index contributed by atoms with van der Waals surface area (Å²) in [5, 5.41) is 3.10. The molecule has 5 heteroatoms. The Morgan fingerprint density at radius 2 is 1.83 bits per heavy atom. The minimum Gasteiger partial charge on any atom is -0.340 e. The summed E-state index contributed by atoms with van der Waals surface area (Å²) < 4.78 is 0. The number of anilines is 1. The van der Waals surface area contributed by atoms with Gasteiger partial charge in [-0.3, -0.25) is 9.59 Å². The Morgan fingerprint density at radius 3 is 2.61 bits per heavy atom. The number of carbonyl (C=O) groups excluding carboxylic acids is 2. The van der Waals surface area contributed by atoms with Gasteiger partial charge in [0.1, 0.15) is 6.04 Å². The number of hydrogen-bond acceptors (Lipinski definition) is 2. The molecular weight excluding hydrogens is 312 g/mol. The van der Waals surface area contributed by atoms with Gasteiger partial charge in [0.15, 0.2) is 0 Å². The molecule has 3 rings (SSSR count). The first-order valence-electron chi connectivity index (χ1n) is 7.52. The van der Waals surface area contributed by atoms with E-state index in [0.717, 1.165) is 17.7 Å². The average Bonchev–Trinajstić information content (AvgIpc) is 2.98. The van der Waals surface area contributed by atoms with Crippen molar-refractivity contribution < 1.29 is 9.59 Å². The predicted molar refractivity (Wildman–Crippen MR) is 90.9 cm³/mol. The van der Waals surface area contributed by atoms with Crippen molar-refractivity contribution in [2.45, 2.75) is 19.4 Å². The molecule has 23 heavy (non-hydrogen) atoms. The standard InChI is InChI=1S/C18H17ClN2O2/c1-12(20-17(22)14-7-3-4-8-15(14)19)18(23)21-11-10-13-6-2-5-9-16(13)21/h2-9,12H,10-11H2,1H3,(H,20,22)/t12-/m1/s1. The predicted octanol–water partition coefficient (Wildman–Crippen LogP) is 3.05. The fourth-order valence-electron chi connectivity index (χ4n) is 2.78. The van der Waals surface area contributed by atoms with E-state index in [2.05, 4.69) is 5.32 Å². The normalized spacial score (nSPS) is 14.3. The van der Waals surface area contributed by atoms with Crippen molar-refractivity contribution in [3.05, 3.63) is 64.7 Å². The molecule has 2 aromatic rings. The maximum atomic E-state index is 12.6. The van der Waals surface area contributed by atoms with Crippen LogP contribution in [0, 0.1) is 0 Å². The molecule has 0 radical (unpaired) electrons. The summed E-state index contributed by atoms with van der Waals surface area (Å²) >= 11 is 6.02. The Kier molecular flexibility index (Phi) is 4.35. The molecule has 1 heterocycles. The first kappa shape index (κ1) is 15.6. The molecule has 1 N–H and O–H groups in total. The van der Waals surface area contributed by atoms with Crippen molar-refractivity contribution in [3.8, 4) is 0 Å². The number of benzene rings is 2. The van der Waals surface area contributed by atoms with Crippen LogP contribution in [0.4, 0.5) is 5.69 Å². The van der Waals surface area contributed by atoms with E-state index in [0.29, 0.717) is 17.1 Å². The first-order chi connectivity index (χ1) is 11.1. The lowest BCUT2D eigenvalue weighted by molar-refractivity contribution is -0.119. The Bertz CT molecular complexity index is 760. The quantitative estimate of drug-likeness (QED) is 0.941. The maximum Gasteiger partial charge on any atom is 0.253 e. The number of carbonyl (C=O) groups is 2. The van der Waals surface area contributed by atoms with Crippen LogP contribution in [-0.2, 0) is 11.2 Å². The van der Waals surface area contributed by atoms with Gasteiger partial charge in [-0.15, -0.1) is 0 Å². The second-order valence-electron chi connectivity index (χ2n) is 5.54. The van der Waals surface area contributed by atoms with Crippen molar-refractivity contribution in [2.24, 2.45) is 0 Å². The van der Waals surface area contributed by atoms with E-state index in [1.54, 1.807) is 36.1 Å². The molecule has 1 aliphatic heterocycles. The van der Waals surface area contributed by atoms with Gasteiger partial charge >= 0.3 is 0 Å². The smallest absolute Gasteiger partial charge is 0.253 e. The zero-order valence-electron chi connectivity index (χ0n) is 12.8. The van der Waals surface area contributed by atoms with Gasteiger partial charge in [0, 0.05) is 12.2 Å². The molecule has 0 spiro atoms. The molecule has 1 aliphatic rings. The number of hydrogen-bond donors (Lipinski definition) is 1. The van der Waals surface area contributed by atoms with Crippen LogP contribution < -0.4 is 10.2 Å². The summed E-state index contributed by atoms with van der Waals surface area (Å²) in [6.45, 7) is 2.34. The molecule has 0 unspecified atom stereocenters. The molecule has 0 saturated carbocycles. The highest BCUT2D eigenvalue weighted by Crippen LogP contribution is 2.27. The highest BCUT2D eigenvalue weighted by atomic mass is 35.5. The van der Waals surface area contributed by atoms with Crippen LogP contribution in [0.2, 0.25) is 5.02 Å². The summed E-state index contributed by atoms with van der Waals surface area (Å²) in [5.74, 6) is -0.459. The van der Waals surface area contributed by atoms with Crippen molar-refractivity contribution in [1.82, 2.24) is 5.32 Å². The highest BCUT2D eigenvalue weighted by Gasteiger charge is 2.28. The van der Waals surface area contributed by atoms with Gasteiger partial charge in [-0.1, -0.05) is 41.9 Å². The molecule has 0 fully saturated rings. The topological polar surface area (TPSA) is 49.4 Å². The molecule has 0 aliphatic carbocycles. The summed E-state index contributed by atoms with van der Waals surface area (Å²) in [6, 6.07) is 14.0. The van der Waals surface area contributed by atoms with Crippen LogP contribution >= 0.6 is 11.6 Å². The number of rotatable bonds is 3. The molecule has 1 atom stereocenters. The van der Waals surface area contributed by atoms with Gasteiger partial charge in [0.05, 0.1) is 10.6 Å². The van der Waals surface area contributed by atoms with Crippen LogP contribution in [-0.4, -0.2) is 24.4 Å². The summed E-state index contributed by atoms with van der Waals surface area (Å²) in [6.07, 6.45) is 0.840. The molecule has 2 amide bonds. The van der Waals surface area contributed by atoms with Crippen molar-refractivity contribution >= 4 is 29.1 Å². The number of para-hydroxylation sites is 1. The third kappa shape index (κ3) is 3.08. The molecule has 0 aromatic heterocycles. The molecule has 118 valence electrons. The Morgan fingerprint density at radius 1 is 1.13 bits per heavy atom. The fraction of sp³-hybridized carbons (Fsp3) is 0.222. The van der Waals surface area contributed by atoms with Crippen molar-refractivity contribution in [1.29, 1.82) is 0 Å². The second-order valence-corrected chi connectivity index (χ2v) is 5.95. The van der Waals surface area contributed by atoms with Crippen LogP contribution in [0.1, 0.15) is 22.8 Å². The maximum absolute atomic E-state index is 12.6. The van der Waals surface area contributed by atoms with Crippen LogP contribution in [0.5, 0.6) is 0 Å². The van der Waals surface area contributed by atoms with Gasteiger partial charge in [0.25, 0.3) is 5.91 Å². The van der Waals surface area contributed by atoms with E-state index >= 15 is 0 Å². The molecule has 0 bridgehead atoms. The number of nitrogens with zero attached hydrogens (tertiary/aromatic N) is 1. The fourth-order valence-corrected chi connectivity index (χ4v) is 3.00. The minimum absolute atomic E-state index is 0.115. The van der Waals surface area contributed by atoms with E-state index in [9.17, 15) is 9.59 Å². The van der Waals surface area contributed by atoms with Gasteiger partial charge in [-0.25, -0.2) is 0 Å². The molecule has 2 aromatic carbocycles. The van der Waals surface area contributed by atoms with Crippen LogP contribution in [0.15, 0.2) is 48.5 Å². The van der Waals surface area contributed by atoms with Gasteiger partial charge in [-0.2, -0.15) is 0 Å². The van der Waals surface area contributed by atoms with Gasteiger partial charge < -0.3 is 10.2 Å². The summed E-state index contributed by atoms with van der Waals surface area (Å²) in [7, 11) is 0. The molecule has 4 nitrogen and oxygen atoms in total. The SMILES string of the molecule is C[C@@H](NC(=O)c1ccccc1Cl)C(=O)N1CCc2ccccc21. The second kappa shape index (κ2) is 6.42. The van der Waals surface area contributed by atoms with Crippen LogP contribution in [0.25, 0.3) is 0 Å².